The van der Waals surface area contributed by atoms with E-state index in [1.165, 1.54) is 5.56 Å². The van der Waals surface area contributed by atoms with E-state index in [0.29, 0.717) is 0 Å². The Kier molecular flexibility index (Phi) is 6.24. The van der Waals surface area contributed by atoms with Gasteiger partial charge in [-0.05, 0) is 31.5 Å². The first-order chi connectivity index (χ1) is 10.2. The fourth-order valence-corrected chi connectivity index (χ4v) is 3.67. The molecule has 0 aliphatic carbocycles. The second-order valence-electron chi connectivity index (χ2n) is 5.54. The summed E-state index contributed by atoms with van der Waals surface area (Å²) in [4.78, 5) is 16.8. The molecule has 1 heterocycles. The molecule has 0 radical (unpaired) electrons. The van der Waals surface area contributed by atoms with Gasteiger partial charge in [0.1, 0.15) is 0 Å². The van der Waals surface area contributed by atoms with Gasteiger partial charge in [-0.15, -0.1) is 0 Å². The summed E-state index contributed by atoms with van der Waals surface area (Å²) in [5, 5.41) is 0. The summed E-state index contributed by atoms with van der Waals surface area (Å²) in [5.41, 5.74) is 1.30. The van der Waals surface area contributed by atoms with Gasteiger partial charge >= 0.3 is 0 Å². The first kappa shape index (κ1) is 16.5. The average Bonchev–Trinajstić information content (AvgIpc) is 2.52. The van der Waals surface area contributed by atoms with Crippen molar-refractivity contribution in [1.82, 2.24) is 9.80 Å². The average molecular weight is 353 g/mol. The van der Waals surface area contributed by atoms with Crippen molar-refractivity contribution < 1.29 is 4.79 Å². The molecule has 2 rings (SSSR count). The van der Waals surface area contributed by atoms with Crippen LogP contribution in [0.3, 0.4) is 0 Å². The maximum atomic E-state index is 12.4. The largest absolute Gasteiger partial charge is 0.340 e. The molecule has 2 unspecified atom stereocenters. The van der Waals surface area contributed by atoms with Crippen LogP contribution in [-0.2, 0) is 4.79 Å². The number of rotatable bonds is 6. The topological polar surface area (TPSA) is 23.6 Å². The number of carbonyl (C=O) groups excluding carboxylic acids is 1. The molecule has 4 heteroatoms. The molecule has 21 heavy (non-hydrogen) atoms. The zero-order chi connectivity index (χ0) is 15.2. The molecule has 1 aliphatic heterocycles. The monoisotopic (exact) mass is 352 g/mol. The molecule has 0 saturated carbocycles. The third-order valence-corrected chi connectivity index (χ3v) is 5.15. The van der Waals surface area contributed by atoms with Gasteiger partial charge in [-0.2, -0.15) is 0 Å². The standard InChI is InChI=1S/C17H25BrN2O/c1-3-19(4-2)16(14-9-6-5-7-10-14)13-20-12-8-11-15(18)17(20)21/h5-7,9-10,15-16H,3-4,8,11-13H2,1-2H3. The van der Waals surface area contributed by atoms with E-state index in [0.717, 1.165) is 39.0 Å². The van der Waals surface area contributed by atoms with Crippen molar-refractivity contribution in [2.75, 3.05) is 26.2 Å². The van der Waals surface area contributed by atoms with Crippen LogP contribution in [0.1, 0.15) is 38.3 Å². The van der Waals surface area contributed by atoms with Crippen LogP contribution in [-0.4, -0.2) is 46.7 Å². The van der Waals surface area contributed by atoms with Gasteiger partial charge in [0.05, 0.1) is 10.9 Å². The molecule has 1 aromatic rings. The number of halogens is 1. The maximum Gasteiger partial charge on any atom is 0.236 e. The van der Waals surface area contributed by atoms with Crippen LogP contribution >= 0.6 is 15.9 Å². The molecule has 1 saturated heterocycles. The molecule has 0 spiro atoms. The number of hydrogen-bond donors (Lipinski definition) is 0. The Morgan fingerprint density at radius 1 is 1.29 bits per heavy atom. The van der Waals surface area contributed by atoms with Gasteiger partial charge in [-0.25, -0.2) is 0 Å². The van der Waals surface area contributed by atoms with Crippen LogP contribution in [0.25, 0.3) is 0 Å². The van der Waals surface area contributed by atoms with E-state index in [9.17, 15) is 4.79 Å². The first-order valence-electron chi connectivity index (χ1n) is 7.89. The molecular weight excluding hydrogens is 328 g/mol. The summed E-state index contributed by atoms with van der Waals surface area (Å²) in [7, 11) is 0. The number of likely N-dealkylation sites (N-methyl/N-ethyl adjacent to an activating group) is 1. The minimum Gasteiger partial charge on any atom is -0.340 e. The van der Waals surface area contributed by atoms with Crippen molar-refractivity contribution >= 4 is 21.8 Å². The number of nitrogens with zero attached hydrogens (tertiary/aromatic N) is 2. The van der Waals surface area contributed by atoms with E-state index in [4.69, 9.17) is 0 Å². The molecule has 116 valence electrons. The minimum atomic E-state index is -0.000577. The second-order valence-corrected chi connectivity index (χ2v) is 6.65. The number of carbonyl (C=O) groups is 1. The fourth-order valence-electron chi connectivity index (χ4n) is 3.05. The third kappa shape index (κ3) is 4.07. The van der Waals surface area contributed by atoms with Crippen molar-refractivity contribution in [3.8, 4) is 0 Å². The lowest BCUT2D eigenvalue weighted by Crippen LogP contribution is -2.46. The number of benzene rings is 1. The molecule has 1 fully saturated rings. The molecule has 0 aromatic heterocycles. The summed E-state index contributed by atoms with van der Waals surface area (Å²) in [6, 6.07) is 10.8. The van der Waals surface area contributed by atoms with Gasteiger partial charge in [0.2, 0.25) is 5.91 Å². The summed E-state index contributed by atoms with van der Waals surface area (Å²) in [5.74, 6) is 0.245. The predicted octanol–water partition coefficient (Wildman–Crippen LogP) is 3.46. The van der Waals surface area contributed by atoms with E-state index < -0.39 is 0 Å². The van der Waals surface area contributed by atoms with Gasteiger partial charge in [0.15, 0.2) is 0 Å². The highest BCUT2D eigenvalue weighted by Crippen LogP contribution is 2.25. The van der Waals surface area contributed by atoms with Gasteiger partial charge in [0.25, 0.3) is 0 Å². The Morgan fingerprint density at radius 3 is 2.57 bits per heavy atom. The lowest BCUT2D eigenvalue weighted by Gasteiger charge is -2.37. The highest BCUT2D eigenvalue weighted by molar-refractivity contribution is 9.10. The van der Waals surface area contributed by atoms with E-state index >= 15 is 0 Å². The van der Waals surface area contributed by atoms with Gasteiger partial charge < -0.3 is 4.90 Å². The quantitative estimate of drug-likeness (QED) is 0.732. The highest BCUT2D eigenvalue weighted by atomic mass is 79.9. The van der Waals surface area contributed by atoms with Crippen LogP contribution in [0.2, 0.25) is 0 Å². The Morgan fingerprint density at radius 2 is 1.95 bits per heavy atom. The van der Waals surface area contributed by atoms with Crippen molar-refractivity contribution in [2.45, 2.75) is 37.6 Å². The zero-order valence-electron chi connectivity index (χ0n) is 13.0. The van der Waals surface area contributed by atoms with Crippen LogP contribution in [0.15, 0.2) is 30.3 Å². The Balaban J connectivity index is 2.18. The molecular formula is C17H25BrN2O. The Hall–Kier alpha value is -0.870. The fraction of sp³-hybridized carbons (Fsp3) is 0.588. The Labute approximate surface area is 136 Å². The number of amides is 1. The first-order valence-corrected chi connectivity index (χ1v) is 8.80. The molecule has 1 aromatic carbocycles. The van der Waals surface area contributed by atoms with Gasteiger partial charge in [-0.3, -0.25) is 9.69 Å². The predicted molar refractivity (Wildman–Crippen MR) is 90.6 cm³/mol. The summed E-state index contributed by atoms with van der Waals surface area (Å²) in [6.07, 6.45) is 2.04. The lowest BCUT2D eigenvalue weighted by molar-refractivity contribution is -0.133. The van der Waals surface area contributed by atoms with E-state index in [2.05, 4.69) is 58.9 Å². The molecule has 1 aliphatic rings. The third-order valence-electron chi connectivity index (χ3n) is 4.30. The maximum absolute atomic E-state index is 12.4. The van der Waals surface area contributed by atoms with Crippen LogP contribution in [0.4, 0.5) is 0 Å². The number of likely N-dealkylation sites (tertiary alicyclic amines) is 1. The number of piperidine rings is 1. The summed E-state index contributed by atoms with van der Waals surface area (Å²) in [6.45, 7) is 8.03. The van der Waals surface area contributed by atoms with Crippen LogP contribution in [0.5, 0.6) is 0 Å². The van der Waals surface area contributed by atoms with E-state index in [-0.39, 0.29) is 16.8 Å². The van der Waals surface area contributed by atoms with Crippen molar-refractivity contribution in [1.29, 1.82) is 0 Å². The van der Waals surface area contributed by atoms with Crippen molar-refractivity contribution in [3.05, 3.63) is 35.9 Å². The summed E-state index contributed by atoms with van der Waals surface area (Å²) >= 11 is 3.51. The lowest BCUT2D eigenvalue weighted by atomic mass is 10.0. The molecule has 3 nitrogen and oxygen atoms in total. The van der Waals surface area contributed by atoms with E-state index in [1.54, 1.807) is 0 Å². The number of alkyl halides is 1. The Bertz CT molecular complexity index is 447. The van der Waals surface area contributed by atoms with Crippen molar-refractivity contribution in [2.24, 2.45) is 0 Å². The number of hydrogen-bond acceptors (Lipinski definition) is 2. The van der Waals surface area contributed by atoms with Crippen LogP contribution < -0.4 is 0 Å². The second kappa shape index (κ2) is 7.95. The molecule has 0 bridgehead atoms. The van der Waals surface area contributed by atoms with E-state index in [1.807, 2.05) is 11.0 Å². The highest BCUT2D eigenvalue weighted by Gasteiger charge is 2.30. The molecule has 2 atom stereocenters. The zero-order valence-corrected chi connectivity index (χ0v) is 14.6. The smallest absolute Gasteiger partial charge is 0.236 e. The summed E-state index contributed by atoms with van der Waals surface area (Å²) < 4.78 is 0. The van der Waals surface area contributed by atoms with Crippen LogP contribution in [0, 0.1) is 0 Å². The molecule has 1 amide bonds. The van der Waals surface area contributed by atoms with Gasteiger partial charge in [-0.1, -0.05) is 60.1 Å². The normalized spacial score (nSPS) is 20.9. The minimum absolute atomic E-state index is 0.000577. The van der Waals surface area contributed by atoms with Crippen molar-refractivity contribution in [3.63, 3.8) is 0 Å². The van der Waals surface area contributed by atoms with Gasteiger partial charge in [0, 0.05) is 13.1 Å². The molecule has 0 N–H and O–H groups in total. The SMILES string of the molecule is CCN(CC)C(CN1CCCC(Br)C1=O)c1ccccc1.